The fourth-order valence-electron chi connectivity index (χ4n) is 2.36. The summed E-state index contributed by atoms with van der Waals surface area (Å²) in [5.74, 6) is -2.55. The van der Waals surface area contributed by atoms with Gasteiger partial charge in [0.25, 0.3) is 5.92 Å². The summed E-state index contributed by atoms with van der Waals surface area (Å²) in [6.45, 7) is 6.73. The van der Waals surface area contributed by atoms with E-state index >= 15 is 0 Å². The third kappa shape index (κ3) is 2.95. The van der Waals surface area contributed by atoms with Crippen molar-refractivity contribution in [3.8, 4) is 0 Å². The summed E-state index contributed by atoms with van der Waals surface area (Å²) < 4.78 is 32.6. The zero-order valence-electron chi connectivity index (χ0n) is 11.1. The molecule has 0 saturated carbocycles. The highest BCUT2D eigenvalue weighted by atomic mass is 19.3. The maximum Gasteiger partial charge on any atom is 0.268 e. The molecule has 2 fully saturated rings. The van der Waals surface area contributed by atoms with Crippen LogP contribution in [0.4, 0.5) is 8.78 Å². The SMILES string of the molecule is CC.COCCN1CCC2(CNC2)C(F)(F)C1. The minimum absolute atomic E-state index is 0.113. The molecule has 0 bridgehead atoms. The van der Waals surface area contributed by atoms with Gasteiger partial charge in [-0.1, -0.05) is 13.8 Å². The van der Waals surface area contributed by atoms with E-state index in [4.69, 9.17) is 4.74 Å². The molecule has 5 heteroatoms. The van der Waals surface area contributed by atoms with Crippen LogP contribution in [-0.2, 0) is 4.74 Å². The van der Waals surface area contributed by atoms with Crippen LogP contribution in [0.1, 0.15) is 20.3 Å². The van der Waals surface area contributed by atoms with Gasteiger partial charge in [-0.3, -0.25) is 4.90 Å². The van der Waals surface area contributed by atoms with Crippen molar-refractivity contribution in [2.45, 2.75) is 26.2 Å². The Hall–Kier alpha value is -0.260. The molecule has 2 rings (SSSR count). The van der Waals surface area contributed by atoms with Crippen LogP contribution in [0.5, 0.6) is 0 Å². The van der Waals surface area contributed by atoms with Gasteiger partial charge in [0, 0.05) is 26.7 Å². The lowest BCUT2D eigenvalue weighted by Gasteiger charge is -2.53. The topological polar surface area (TPSA) is 24.5 Å². The van der Waals surface area contributed by atoms with Crippen molar-refractivity contribution >= 4 is 0 Å². The molecule has 1 spiro atoms. The average Bonchev–Trinajstić information content (AvgIpc) is 2.26. The fourth-order valence-corrected chi connectivity index (χ4v) is 2.36. The van der Waals surface area contributed by atoms with E-state index in [2.05, 4.69) is 5.32 Å². The van der Waals surface area contributed by atoms with Crippen LogP contribution in [0.2, 0.25) is 0 Å². The summed E-state index contributed by atoms with van der Waals surface area (Å²) >= 11 is 0. The van der Waals surface area contributed by atoms with Gasteiger partial charge in [-0.05, 0) is 13.0 Å². The molecular formula is C12H24F2N2O. The van der Waals surface area contributed by atoms with Gasteiger partial charge in [-0.2, -0.15) is 0 Å². The van der Waals surface area contributed by atoms with Crippen molar-refractivity contribution in [1.82, 2.24) is 10.2 Å². The summed E-state index contributed by atoms with van der Waals surface area (Å²) in [4.78, 5) is 1.80. The standard InChI is InChI=1S/C10H18F2N2O.C2H6/c1-15-5-4-14-3-2-9(6-13-7-9)10(11,12)8-14;1-2/h13H,2-8H2,1H3;1-2H3. The van der Waals surface area contributed by atoms with Gasteiger partial charge in [0.05, 0.1) is 18.6 Å². The molecule has 102 valence electrons. The molecule has 0 aromatic rings. The second-order valence-electron chi connectivity index (χ2n) is 4.61. The van der Waals surface area contributed by atoms with Crippen molar-refractivity contribution in [3.05, 3.63) is 0 Å². The summed E-state index contributed by atoms with van der Waals surface area (Å²) in [5, 5.41) is 2.96. The molecule has 0 unspecified atom stereocenters. The van der Waals surface area contributed by atoms with Crippen molar-refractivity contribution in [2.75, 3.05) is 46.4 Å². The molecule has 17 heavy (non-hydrogen) atoms. The molecule has 1 N–H and O–H groups in total. The van der Waals surface area contributed by atoms with Gasteiger partial charge >= 0.3 is 0 Å². The maximum absolute atomic E-state index is 13.9. The first-order valence-corrected chi connectivity index (χ1v) is 6.39. The summed E-state index contributed by atoms with van der Waals surface area (Å²) in [5.41, 5.74) is -0.753. The highest BCUT2D eigenvalue weighted by Gasteiger charge is 2.59. The Morgan fingerprint density at radius 2 is 1.94 bits per heavy atom. The van der Waals surface area contributed by atoms with E-state index in [9.17, 15) is 8.78 Å². The molecule has 0 atom stereocenters. The first kappa shape index (κ1) is 14.8. The number of nitrogens with one attached hydrogen (secondary N) is 1. The van der Waals surface area contributed by atoms with E-state index in [0.717, 1.165) is 6.54 Å². The van der Waals surface area contributed by atoms with E-state index in [1.807, 2.05) is 13.8 Å². The molecular weight excluding hydrogens is 226 g/mol. The summed E-state index contributed by atoms with van der Waals surface area (Å²) in [6.07, 6.45) is 0.594. The number of piperidine rings is 1. The zero-order chi connectivity index (χ0) is 12.9. The predicted molar refractivity (Wildman–Crippen MR) is 64.5 cm³/mol. The van der Waals surface area contributed by atoms with Crippen LogP contribution in [-0.4, -0.2) is 57.3 Å². The van der Waals surface area contributed by atoms with E-state index < -0.39 is 11.3 Å². The van der Waals surface area contributed by atoms with Gasteiger partial charge in [0.15, 0.2) is 0 Å². The number of alkyl halides is 2. The highest BCUT2D eigenvalue weighted by molar-refractivity contribution is 5.06. The van der Waals surface area contributed by atoms with Crippen LogP contribution in [0.25, 0.3) is 0 Å². The van der Waals surface area contributed by atoms with Crippen LogP contribution >= 0.6 is 0 Å². The second-order valence-corrected chi connectivity index (χ2v) is 4.61. The smallest absolute Gasteiger partial charge is 0.268 e. The van der Waals surface area contributed by atoms with Gasteiger partial charge in [-0.15, -0.1) is 0 Å². The Bertz CT molecular complexity index is 233. The van der Waals surface area contributed by atoms with E-state index in [-0.39, 0.29) is 6.54 Å². The summed E-state index contributed by atoms with van der Waals surface area (Å²) in [7, 11) is 1.60. The first-order valence-electron chi connectivity index (χ1n) is 6.39. The number of halogens is 2. The largest absolute Gasteiger partial charge is 0.383 e. The van der Waals surface area contributed by atoms with Crippen LogP contribution in [0.3, 0.4) is 0 Å². The Morgan fingerprint density at radius 3 is 2.35 bits per heavy atom. The fraction of sp³-hybridized carbons (Fsp3) is 1.00. The quantitative estimate of drug-likeness (QED) is 0.823. The summed E-state index contributed by atoms with van der Waals surface area (Å²) in [6, 6.07) is 0. The van der Waals surface area contributed by atoms with Gasteiger partial charge < -0.3 is 10.1 Å². The highest BCUT2D eigenvalue weighted by Crippen LogP contribution is 2.46. The zero-order valence-corrected chi connectivity index (χ0v) is 11.1. The average molecular weight is 250 g/mol. The molecule has 0 amide bonds. The molecule has 0 aromatic heterocycles. The monoisotopic (exact) mass is 250 g/mol. The van der Waals surface area contributed by atoms with Crippen LogP contribution in [0, 0.1) is 5.41 Å². The lowest BCUT2D eigenvalue weighted by atomic mass is 9.70. The van der Waals surface area contributed by atoms with Crippen LogP contribution < -0.4 is 5.32 Å². The minimum Gasteiger partial charge on any atom is -0.383 e. The number of ether oxygens (including phenoxy) is 1. The number of rotatable bonds is 3. The lowest BCUT2D eigenvalue weighted by Crippen LogP contribution is -2.69. The van der Waals surface area contributed by atoms with Gasteiger partial charge in [0.1, 0.15) is 0 Å². The Morgan fingerprint density at radius 1 is 1.29 bits per heavy atom. The molecule has 2 saturated heterocycles. The third-order valence-electron chi connectivity index (χ3n) is 3.64. The third-order valence-corrected chi connectivity index (χ3v) is 3.64. The van der Waals surface area contributed by atoms with Crippen molar-refractivity contribution < 1.29 is 13.5 Å². The number of hydrogen-bond acceptors (Lipinski definition) is 3. The number of hydrogen-bond donors (Lipinski definition) is 1. The molecule has 0 radical (unpaired) electrons. The molecule has 2 aliphatic rings. The Labute approximate surface area is 103 Å². The number of nitrogens with zero attached hydrogens (tertiary/aromatic N) is 1. The van der Waals surface area contributed by atoms with Gasteiger partial charge in [0.2, 0.25) is 0 Å². The van der Waals surface area contributed by atoms with Crippen molar-refractivity contribution in [1.29, 1.82) is 0 Å². The van der Waals surface area contributed by atoms with Crippen molar-refractivity contribution in [3.63, 3.8) is 0 Å². The van der Waals surface area contributed by atoms with Crippen LogP contribution in [0.15, 0.2) is 0 Å². The second kappa shape index (κ2) is 6.07. The van der Waals surface area contributed by atoms with E-state index in [1.165, 1.54) is 0 Å². The number of likely N-dealkylation sites (tertiary alicyclic amines) is 1. The Balaban J connectivity index is 0.000000686. The molecule has 2 heterocycles. The lowest BCUT2D eigenvalue weighted by molar-refractivity contribution is -0.189. The maximum atomic E-state index is 13.9. The molecule has 0 aromatic carbocycles. The first-order chi connectivity index (χ1) is 8.10. The van der Waals surface area contributed by atoms with E-state index in [0.29, 0.717) is 32.7 Å². The van der Waals surface area contributed by atoms with Crippen molar-refractivity contribution in [2.24, 2.45) is 5.41 Å². The van der Waals surface area contributed by atoms with E-state index in [1.54, 1.807) is 12.0 Å². The Kier molecular flexibility index (Phi) is 5.28. The minimum atomic E-state index is -2.55. The van der Waals surface area contributed by atoms with Gasteiger partial charge in [-0.25, -0.2) is 8.78 Å². The molecule has 2 aliphatic heterocycles. The normalized spacial score (nSPS) is 25.9. The molecule has 0 aliphatic carbocycles. The molecule has 3 nitrogen and oxygen atoms in total. The number of methoxy groups -OCH3 is 1. The predicted octanol–water partition coefficient (Wildman–Crippen LogP) is 1.59.